The monoisotopic (exact) mass is 209 g/mol. The predicted molar refractivity (Wildman–Crippen MR) is 62.5 cm³/mol. The summed E-state index contributed by atoms with van der Waals surface area (Å²) < 4.78 is 0.151. The molecule has 0 aromatic heterocycles. The molecule has 0 N–H and O–H groups in total. The molecule has 0 spiro atoms. The van der Waals surface area contributed by atoms with Gasteiger partial charge in [0.15, 0.2) is 0 Å². The molecule has 0 aliphatic heterocycles. The standard InChI is InChI=1S/C8H17S3/c1-5-9-8(4,10-6-2)11-7-3/h4-7H2,1-3H3. The Balaban J connectivity index is 3.79. The third kappa shape index (κ3) is 5.31. The van der Waals surface area contributed by atoms with Gasteiger partial charge in [0.2, 0.25) is 0 Å². The highest BCUT2D eigenvalue weighted by molar-refractivity contribution is 8.33. The number of thioether (sulfide) groups is 3. The summed E-state index contributed by atoms with van der Waals surface area (Å²) in [4.78, 5) is 0. The molecule has 3 heteroatoms. The minimum Gasteiger partial charge on any atom is -0.134 e. The van der Waals surface area contributed by atoms with E-state index in [-0.39, 0.29) is 3.41 Å². The SMILES string of the molecule is [CH2]C(SCC)(SCC)SCC. The van der Waals surface area contributed by atoms with Gasteiger partial charge in [0.25, 0.3) is 0 Å². The maximum atomic E-state index is 4.23. The summed E-state index contributed by atoms with van der Waals surface area (Å²) >= 11 is 5.83. The molecule has 0 unspecified atom stereocenters. The normalized spacial score (nSPS) is 12.0. The van der Waals surface area contributed by atoms with Crippen molar-refractivity contribution < 1.29 is 0 Å². The van der Waals surface area contributed by atoms with Crippen molar-refractivity contribution in [3.63, 3.8) is 0 Å². The summed E-state index contributed by atoms with van der Waals surface area (Å²) in [5.74, 6) is 3.47. The Kier molecular flexibility index (Phi) is 7.18. The van der Waals surface area contributed by atoms with E-state index in [4.69, 9.17) is 0 Å². The first-order valence-electron chi connectivity index (χ1n) is 3.95. The van der Waals surface area contributed by atoms with Crippen molar-refractivity contribution in [3.05, 3.63) is 6.92 Å². The summed E-state index contributed by atoms with van der Waals surface area (Å²) in [7, 11) is 0. The highest BCUT2D eigenvalue weighted by Crippen LogP contribution is 2.45. The van der Waals surface area contributed by atoms with E-state index in [0.29, 0.717) is 0 Å². The van der Waals surface area contributed by atoms with Crippen LogP contribution in [0, 0.1) is 6.92 Å². The van der Waals surface area contributed by atoms with E-state index in [1.165, 1.54) is 0 Å². The number of hydrogen-bond acceptors (Lipinski definition) is 3. The summed E-state index contributed by atoms with van der Waals surface area (Å²) in [6.45, 7) is 10.8. The van der Waals surface area contributed by atoms with Crippen LogP contribution in [-0.4, -0.2) is 20.7 Å². The van der Waals surface area contributed by atoms with Gasteiger partial charge >= 0.3 is 0 Å². The molecular formula is C8H17S3. The zero-order valence-corrected chi connectivity index (χ0v) is 10.0. The molecule has 0 rings (SSSR count). The van der Waals surface area contributed by atoms with Crippen LogP contribution in [0.3, 0.4) is 0 Å². The molecule has 0 amide bonds. The van der Waals surface area contributed by atoms with Gasteiger partial charge in [-0.1, -0.05) is 20.8 Å². The fraction of sp³-hybridized carbons (Fsp3) is 0.875. The molecule has 0 atom stereocenters. The van der Waals surface area contributed by atoms with Crippen LogP contribution in [0.15, 0.2) is 0 Å². The Morgan fingerprint density at radius 1 is 0.909 bits per heavy atom. The van der Waals surface area contributed by atoms with Crippen LogP contribution in [0.2, 0.25) is 0 Å². The van der Waals surface area contributed by atoms with Crippen LogP contribution in [-0.2, 0) is 0 Å². The first-order chi connectivity index (χ1) is 5.18. The Labute approximate surface area is 83.7 Å². The third-order valence-corrected chi connectivity index (χ3v) is 5.40. The van der Waals surface area contributed by atoms with E-state index >= 15 is 0 Å². The van der Waals surface area contributed by atoms with E-state index in [2.05, 4.69) is 27.7 Å². The largest absolute Gasteiger partial charge is 0.134 e. The smallest absolute Gasteiger partial charge is 0.107 e. The topological polar surface area (TPSA) is 0 Å². The first kappa shape index (κ1) is 12.0. The van der Waals surface area contributed by atoms with Gasteiger partial charge in [-0.15, -0.1) is 35.3 Å². The molecule has 0 fully saturated rings. The van der Waals surface area contributed by atoms with Gasteiger partial charge in [-0.05, 0) is 24.2 Å². The Morgan fingerprint density at radius 3 is 1.36 bits per heavy atom. The van der Waals surface area contributed by atoms with Crippen molar-refractivity contribution in [2.45, 2.75) is 24.2 Å². The second-order valence-electron chi connectivity index (χ2n) is 1.98. The van der Waals surface area contributed by atoms with Crippen LogP contribution in [0.4, 0.5) is 0 Å². The Hall–Kier alpha value is 1.05. The molecule has 0 heterocycles. The third-order valence-electron chi connectivity index (χ3n) is 1.09. The van der Waals surface area contributed by atoms with Crippen molar-refractivity contribution >= 4 is 35.3 Å². The van der Waals surface area contributed by atoms with Gasteiger partial charge in [0.1, 0.15) is 3.41 Å². The van der Waals surface area contributed by atoms with Crippen molar-refractivity contribution in [3.8, 4) is 0 Å². The van der Waals surface area contributed by atoms with Gasteiger partial charge in [0.05, 0.1) is 0 Å². The Morgan fingerprint density at radius 2 is 1.18 bits per heavy atom. The molecule has 67 valence electrons. The second-order valence-corrected chi connectivity index (χ2v) is 7.45. The maximum Gasteiger partial charge on any atom is 0.107 e. The van der Waals surface area contributed by atoms with Crippen LogP contribution in [0.5, 0.6) is 0 Å². The van der Waals surface area contributed by atoms with Crippen LogP contribution < -0.4 is 0 Å². The summed E-state index contributed by atoms with van der Waals surface area (Å²) in [5, 5.41) is 0. The number of rotatable bonds is 6. The zero-order chi connectivity index (χ0) is 8.74. The molecule has 0 saturated carbocycles. The summed E-state index contributed by atoms with van der Waals surface area (Å²) in [6, 6.07) is 0. The highest BCUT2D eigenvalue weighted by atomic mass is 32.3. The molecule has 0 aliphatic carbocycles. The first-order valence-corrected chi connectivity index (χ1v) is 6.91. The lowest BCUT2D eigenvalue weighted by Gasteiger charge is -2.25. The molecule has 0 nitrogen and oxygen atoms in total. The van der Waals surface area contributed by atoms with Crippen LogP contribution >= 0.6 is 35.3 Å². The van der Waals surface area contributed by atoms with Gasteiger partial charge in [-0.2, -0.15) is 0 Å². The number of hydrogen-bond donors (Lipinski definition) is 0. The average molecular weight is 209 g/mol. The molecule has 0 aliphatic rings. The van der Waals surface area contributed by atoms with Crippen molar-refractivity contribution in [2.24, 2.45) is 0 Å². The minimum atomic E-state index is 0.151. The fourth-order valence-corrected chi connectivity index (χ4v) is 5.23. The van der Waals surface area contributed by atoms with E-state index in [1.807, 2.05) is 35.3 Å². The predicted octanol–water partition coefficient (Wildman–Crippen LogP) is 3.73. The van der Waals surface area contributed by atoms with Gasteiger partial charge in [-0.3, -0.25) is 0 Å². The van der Waals surface area contributed by atoms with Gasteiger partial charge in [0, 0.05) is 0 Å². The van der Waals surface area contributed by atoms with E-state index in [0.717, 1.165) is 17.3 Å². The minimum absolute atomic E-state index is 0.151. The quantitative estimate of drug-likeness (QED) is 0.612. The molecule has 1 radical (unpaired) electrons. The summed E-state index contributed by atoms with van der Waals surface area (Å²) in [6.07, 6.45) is 0. The van der Waals surface area contributed by atoms with E-state index in [1.54, 1.807) is 0 Å². The van der Waals surface area contributed by atoms with Crippen LogP contribution in [0.1, 0.15) is 20.8 Å². The molecule has 0 aromatic carbocycles. The molecule has 0 aromatic rings. The van der Waals surface area contributed by atoms with Crippen molar-refractivity contribution in [1.29, 1.82) is 0 Å². The lowest BCUT2D eigenvalue weighted by atomic mass is 10.9. The van der Waals surface area contributed by atoms with Crippen molar-refractivity contribution in [2.75, 3.05) is 17.3 Å². The summed E-state index contributed by atoms with van der Waals surface area (Å²) in [5.41, 5.74) is 0. The molecule has 0 bridgehead atoms. The molecule has 0 saturated heterocycles. The second kappa shape index (κ2) is 6.55. The van der Waals surface area contributed by atoms with Gasteiger partial charge < -0.3 is 0 Å². The maximum absolute atomic E-state index is 4.23. The highest BCUT2D eigenvalue weighted by Gasteiger charge is 2.23. The van der Waals surface area contributed by atoms with Crippen molar-refractivity contribution in [1.82, 2.24) is 0 Å². The average Bonchev–Trinajstić information content (AvgIpc) is 1.88. The lowest BCUT2D eigenvalue weighted by molar-refractivity contribution is 1.41. The Bertz CT molecular complexity index is 76.3. The van der Waals surface area contributed by atoms with Crippen LogP contribution in [0.25, 0.3) is 0 Å². The van der Waals surface area contributed by atoms with E-state index in [9.17, 15) is 0 Å². The molecular weight excluding hydrogens is 192 g/mol. The molecule has 11 heavy (non-hydrogen) atoms. The fourth-order valence-electron chi connectivity index (χ4n) is 0.785. The van der Waals surface area contributed by atoms with E-state index < -0.39 is 0 Å². The lowest BCUT2D eigenvalue weighted by Crippen LogP contribution is -2.11. The van der Waals surface area contributed by atoms with Gasteiger partial charge in [-0.25, -0.2) is 0 Å². The zero-order valence-electron chi connectivity index (χ0n) is 7.55.